The Labute approximate surface area is 417 Å². The number of carbonyl (C=O) groups is 7. The lowest BCUT2D eigenvalue weighted by molar-refractivity contribution is -0.134. The zero-order valence-corrected chi connectivity index (χ0v) is 40.7. The zero-order valence-electron chi connectivity index (χ0n) is 40.7. The van der Waals surface area contributed by atoms with Gasteiger partial charge in [-0.25, -0.2) is 0 Å². The fraction of sp³-hybridized carbons (Fsp3) is 0.511. The Kier molecular flexibility index (Phi) is 23.1. The third-order valence-corrected chi connectivity index (χ3v) is 11.8. The van der Waals surface area contributed by atoms with Crippen molar-refractivity contribution in [1.29, 1.82) is 0 Å². The van der Waals surface area contributed by atoms with Crippen LogP contribution in [0, 0.1) is 0 Å². The van der Waals surface area contributed by atoms with Crippen molar-refractivity contribution in [2.75, 3.05) is 19.6 Å². The van der Waals surface area contributed by atoms with Crippen LogP contribution in [-0.4, -0.2) is 143 Å². The molecule has 72 heavy (non-hydrogen) atoms. The monoisotopic (exact) mass is 1000 g/mol. The molecule has 0 spiro atoms. The third-order valence-electron chi connectivity index (χ3n) is 11.8. The number of nitrogens with zero attached hydrogens (tertiary/aromatic N) is 2. The number of hydrogen-bond acceptors (Lipinski definition) is 13. The Morgan fingerprint density at radius 3 is 2.10 bits per heavy atom. The SMILES string of the molecule is CC(=O)N[C@@H](CCCN=C(N)N)C(O)N[C@H]1CC(=O)NCCCC[C@@H](C(N)=O)NC(=O)[C@H](Cc2c[nH]c3ccccc23)NC(=O)[C@H](CCCN=C(N)N)NC(=O)[C@@H](Cc2ccccc2)NC(O)[C@@H](C)NC1=O. The Balaban J connectivity index is 1.71. The Hall–Kier alpha value is -7.35. The molecule has 2 aromatic carbocycles. The van der Waals surface area contributed by atoms with Crippen LogP contribution in [0.15, 0.2) is 70.8 Å². The maximum atomic E-state index is 14.5. The van der Waals surface area contributed by atoms with Crippen LogP contribution in [-0.2, 0) is 46.4 Å². The third kappa shape index (κ3) is 19.4. The number of carbonyl (C=O) groups excluding carboxylic acids is 7. The number of aromatic nitrogens is 1. The van der Waals surface area contributed by atoms with Crippen molar-refractivity contribution >= 4 is 64.2 Å². The van der Waals surface area contributed by atoms with Gasteiger partial charge in [-0.1, -0.05) is 48.5 Å². The van der Waals surface area contributed by atoms with Gasteiger partial charge in [0.05, 0.1) is 30.6 Å². The molecule has 394 valence electrons. The number of para-hydroxylation sites is 1. The smallest absolute Gasteiger partial charge is 0.243 e. The van der Waals surface area contributed by atoms with Crippen LogP contribution in [0.2, 0.25) is 0 Å². The highest BCUT2D eigenvalue weighted by molar-refractivity contribution is 5.95. The summed E-state index contributed by atoms with van der Waals surface area (Å²) in [5, 5.41) is 45.6. The van der Waals surface area contributed by atoms with Gasteiger partial charge >= 0.3 is 0 Å². The van der Waals surface area contributed by atoms with E-state index in [0.717, 1.165) is 10.9 Å². The van der Waals surface area contributed by atoms with E-state index < -0.39 is 103 Å². The molecule has 1 aromatic heterocycles. The van der Waals surface area contributed by atoms with Crippen LogP contribution >= 0.6 is 0 Å². The number of rotatable bonds is 17. The molecule has 2 unspecified atom stereocenters. The summed E-state index contributed by atoms with van der Waals surface area (Å²) in [4.78, 5) is 107. The summed E-state index contributed by atoms with van der Waals surface area (Å²) < 4.78 is 0. The number of nitrogens with two attached hydrogens (primary N) is 5. The quantitative estimate of drug-likeness (QED) is 0.0267. The largest absolute Gasteiger partial charge is 0.376 e. The first-order valence-corrected chi connectivity index (χ1v) is 23.9. The van der Waals surface area contributed by atoms with Crippen LogP contribution in [0.1, 0.15) is 76.3 Å². The second-order valence-corrected chi connectivity index (χ2v) is 17.7. The number of hydrogen-bond donors (Lipinski definition) is 16. The van der Waals surface area contributed by atoms with E-state index in [1.807, 2.05) is 24.3 Å². The summed E-state index contributed by atoms with van der Waals surface area (Å²) in [7, 11) is 0. The molecule has 0 aliphatic carbocycles. The van der Waals surface area contributed by atoms with Crippen molar-refractivity contribution in [2.45, 2.75) is 133 Å². The van der Waals surface area contributed by atoms with Crippen LogP contribution in [0.3, 0.4) is 0 Å². The van der Waals surface area contributed by atoms with Gasteiger partial charge in [0.2, 0.25) is 41.4 Å². The predicted octanol–water partition coefficient (Wildman–Crippen LogP) is -3.75. The summed E-state index contributed by atoms with van der Waals surface area (Å²) in [5.74, 6) is -5.35. The average molecular weight is 1010 g/mol. The molecular weight excluding hydrogens is 933 g/mol. The lowest BCUT2D eigenvalue weighted by atomic mass is 10.0. The summed E-state index contributed by atoms with van der Waals surface area (Å²) in [6.45, 7) is 3.03. The Morgan fingerprint density at radius 1 is 0.778 bits per heavy atom. The minimum absolute atomic E-state index is 0.0151. The van der Waals surface area contributed by atoms with Gasteiger partial charge in [0.15, 0.2) is 11.9 Å². The van der Waals surface area contributed by atoms with Gasteiger partial charge in [0.25, 0.3) is 0 Å². The molecule has 0 radical (unpaired) electrons. The molecule has 1 saturated heterocycles. The number of fused-ring (bicyclic) bond motifs is 1. The molecule has 1 fully saturated rings. The summed E-state index contributed by atoms with van der Waals surface area (Å²) in [6, 6.07) is 7.55. The van der Waals surface area contributed by atoms with E-state index in [4.69, 9.17) is 28.7 Å². The highest BCUT2D eigenvalue weighted by Gasteiger charge is 2.34. The number of nitrogens with one attached hydrogen (secondary N) is 9. The lowest BCUT2D eigenvalue weighted by Crippen LogP contribution is -2.61. The number of guanidine groups is 2. The van der Waals surface area contributed by atoms with Gasteiger partial charge in [0, 0.05) is 50.1 Å². The van der Waals surface area contributed by atoms with Crippen molar-refractivity contribution in [3.05, 3.63) is 71.9 Å². The molecule has 4 rings (SSSR count). The second-order valence-electron chi connectivity index (χ2n) is 17.7. The summed E-state index contributed by atoms with van der Waals surface area (Å²) >= 11 is 0. The van der Waals surface area contributed by atoms with Gasteiger partial charge in [-0.2, -0.15) is 0 Å². The highest BCUT2D eigenvalue weighted by atomic mass is 16.3. The number of amides is 7. The maximum absolute atomic E-state index is 14.5. The standard InChI is InChI=1S/C47H72N16O9/c1-26-40(67)61-35(22-28-12-4-3-5-13-28)44(71)60-34(18-11-21-55-47(51)52)42(69)62-36(23-29-25-56-31-15-7-6-14-30(29)31)45(72)59-32(39(48)66)16-8-9-19-53-38(65)24-37(43(70)57-26)63-41(68)33(58-27(2)64)17-10-20-54-46(49)50/h3-7,12-15,25-26,32-37,40-41,56,61,63,67-68H,8-11,16-24H2,1-2H3,(H2,48,66)(H,53,65)(H,57,70)(H,58,64)(H,59,72)(H,60,71)(H,62,69)(H4,49,50,54)(H4,51,52,55)/t26-,32+,33+,34+,35-,36+,37+,40?,41?/m1/s1. The van der Waals surface area contributed by atoms with Crippen molar-refractivity contribution in [1.82, 2.24) is 47.5 Å². The molecule has 25 nitrogen and oxygen atoms in total. The average Bonchev–Trinajstić information content (AvgIpc) is 3.74. The molecule has 2 heterocycles. The number of aliphatic imine (C=N–C) groups is 2. The molecule has 3 aromatic rings. The molecule has 7 amide bonds. The Bertz CT molecular complexity index is 2340. The van der Waals surface area contributed by atoms with E-state index in [1.165, 1.54) is 13.8 Å². The van der Waals surface area contributed by atoms with Crippen LogP contribution in [0.4, 0.5) is 0 Å². The Morgan fingerprint density at radius 2 is 1.42 bits per heavy atom. The van der Waals surface area contributed by atoms with E-state index in [0.29, 0.717) is 24.0 Å². The number of benzene rings is 2. The highest BCUT2D eigenvalue weighted by Crippen LogP contribution is 2.20. The van der Waals surface area contributed by atoms with Gasteiger partial charge in [-0.05, 0) is 75.5 Å². The normalized spacial score (nSPS) is 23.2. The first-order valence-electron chi connectivity index (χ1n) is 23.9. The van der Waals surface area contributed by atoms with Gasteiger partial charge < -0.3 is 75.8 Å². The van der Waals surface area contributed by atoms with Crippen LogP contribution in [0.5, 0.6) is 0 Å². The first kappa shape index (κ1) is 57.2. The summed E-state index contributed by atoms with van der Waals surface area (Å²) in [6.07, 6.45) is -0.787. The van der Waals surface area contributed by atoms with Crippen LogP contribution < -0.4 is 71.2 Å². The van der Waals surface area contributed by atoms with E-state index in [-0.39, 0.29) is 76.5 Å². The summed E-state index contributed by atoms with van der Waals surface area (Å²) in [5.41, 5.74) is 29.9. The zero-order chi connectivity index (χ0) is 52.7. The van der Waals surface area contributed by atoms with Crippen molar-refractivity contribution in [3.63, 3.8) is 0 Å². The fourth-order valence-electron chi connectivity index (χ4n) is 8.03. The molecule has 0 bridgehead atoms. The fourth-order valence-corrected chi connectivity index (χ4v) is 8.03. The van der Waals surface area contributed by atoms with E-state index in [1.54, 1.807) is 36.5 Å². The molecule has 1 aliphatic rings. The number of primary amides is 1. The predicted molar refractivity (Wildman–Crippen MR) is 270 cm³/mol. The minimum atomic E-state index is -1.63. The van der Waals surface area contributed by atoms with E-state index in [2.05, 4.69) is 57.5 Å². The number of aromatic amines is 1. The van der Waals surface area contributed by atoms with Crippen LogP contribution in [0.25, 0.3) is 10.9 Å². The molecule has 1 aliphatic heterocycles. The second kappa shape index (κ2) is 29.1. The molecule has 9 atom stereocenters. The first-order chi connectivity index (χ1) is 34.3. The molecular formula is C47H72N16O9. The minimum Gasteiger partial charge on any atom is -0.376 e. The van der Waals surface area contributed by atoms with Gasteiger partial charge in [0.1, 0.15) is 30.6 Å². The molecule has 25 heteroatoms. The molecule has 21 N–H and O–H groups in total. The maximum Gasteiger partial charge on any atom is 0.243 e. The lowest BCUT2D eigenvalue weighted by Gasteiger charge is -2.31. The van der Waals surface area contributed by atoms with Crippen molar-refractivity contribution < 1.29 is 43.8 Å². The van der Waals surface area contributed by atoms with Crippen molar-refractivity contribution in [2.24, 2.45) is 38.7 Å². The number of aliphatic hydroxyl groups is 2. The van der Waals surface area contributed by atoms with Gasteiger partial charge in [-0.15, -0.1) is 0 Å². The van der Waals surface area contributed by atoms with E-state index in [9.17, 15) is 43.8 Å². The number of aliphatic hydroxyl groups excluding tert-OH is 2. The van der Waals surface area contributed by atoms with Crippen molar-refractivity contribution in [3.8, 4) is 0 Å². The van der Waals surface area contributed by atoms with Gasteiger partial charge in [-0.3, -0.25) is 54.2 Å². The van der Waals surface area contributed by atoms with E-state index >= 15 is 0 Å². The molecule has 0 saturated carbocycles. The number of H-pyrrole nitrogens is 1. The topological polar surface area (TPSA) is 427 Å².